The number of hydrogen-bond acceptors (Lipinski definition) is 5. The Labute approximate surface area is 122 Å². The molecule has 1 saturated heterocycles. The van der Waals surface area contributed by atoms with Crippen molar-refractivity contribution in [1.29, 1.82) is 0 Å². The van der Waals surface area contributed by atoms with E-state index in [0.717, 1.165) is 50.1 Å². The number of hydrogen-bond donors (Lipinski definition) is 2. The number of amides is 1. The van der Waals surface area contributed by atoms with Crippen LogP contribution in [0.3, 0.4) is 0 Å². The minimum Gasteiger partial charge on any atom is -0.391 e. The van der Waals surface area contributed by atoms with Crippen LogP contribution >= 0.6 is 11.3 Å². The van der Waals surface area contributed by atoms with Gasteiger partial charge in [-0.2, -0.15) is 0 Å². The molecule has 6 heteroatoms. The van der Waals surface area contributed by atoms with E-state index in [-0.39, 0.29) is 18.1 Å². The summed E-state index contributed by atoms with van der Waals surface area (Å²) in [5.41, 5.74) is 0.443. The fourth-order valence-corrected chi connectivity index (χ4v) is 3.72. The van der Waals surface area contributed by atoms with Crippen molar-refractivity contribution in [1.82, 2.24) is 10.3 Å². The minimum atomic E-state index is -0.427. The molecule has 2 N–H and O–H groups in total. The number of aliphatic hydroxyl groups excluding tert-OH is 1. The number of nitrogens with zero attached hydrogens (tertiary/aromatic N) is 1. The maximum atomic E-state index is 12.2. The van der Waals surface area contributed by atoms with Crippen molar-refractivity contribution in [2.24, 2.45) is 0 Å². The summed E-state index contributed by atoms with van der Waals surface area (Å²) in [6.45, 7) is 0.778. The van der Waals surface area contributed by atoms with Crippen molar-refractivity contribution in [3.63, 3.8) is 0 Å². The Kier molecular flexibility index (Phi) is 4.33. The van der Waals surface area contributed by atoms with Crippen LogP contribution in [0.15, 0.2) is 5.38 Å². The van der Waals surface area contributed by atoms with Gasteiger partial charge in [-0.05, 0) is 25.7 Å². The van der Waals surface area contributed by atoms with Gasteiger partial charge in [0.1, 0.15) is 16.8 Å². The largest absolute Gasteiger partial charge is 0.391 e. The van der Waals surface area contributed by atoms with Crippen LogP contribution in [0.25, 0.3) is 0 Å². The van der Waals surface area contributed by atoms with E-state index >= 15 is 0 Å². The SMILES string of the molecule is O=C(NC1CCCCC1O)c1csc(C2CCCO2)n1. The van der Waals surface area contributed by atoms with Crippen molar-refractivity contribution in [2.45, 2.75) is 56.8 Å². The lowest BCUT2D eigenvalue weighted by Gasteiger charge is -2.27. The molecule has 1 aliphatic carbocycles. The molecule has 2 heterocycles. The maximum Gasteiger partial charge on any atom is 0.271 e. The van der Waals surface area contributed by atoms with E-state index in [2.05, 4.69) is 10.3 Å². The van der Waals surface area contributed by atoms with Gasteiger partial charge < -0.3 is 15.2 Å². The third-order valence-electron chi connectivity index (χ3n) is 4.01. The number of nitrogens with one attached hydrogen (secondary N) is 1. The minimum absolute atomic E-state index is 0.0572. The van der Waals surface area contributed by atoms with E-state index < -0.39 is 6.10 Å². The van der Waals surface area contributed by atoms with Crippen molar-refractivity contribution in [3.05, 3.63) is 16.1 Å². The average Bonchev–Trinajstić information content (AvgIpc) is 3.11. The van der Waals surface area contributed by atoms with Crippen LogP contribution in [0.5, 0.6) is 0 Å². The molecule has 1 aromatic rings. The van der Waals surface area contributed by atoms with Crippen LogP contribution in [0.1, 0.15) is 60.1 Å². The van der Waals surface area contributed by atoms with Crippen LogP contribution in [0, 0.1) is 0 Å². The second-order valence-corrected chi connectivity index (χ2v) is 6.39. The van der Waals surface area contributed by atoms with Gasteiger partial charge in [0, 0.05) is 12.0 Å². The van der Waals surface area contributed by atoms with Crippen molar-refractivity contribution >= 4 is 17.2 Å². The molecule has 2 fully saturated rings. The molecule has 0 bridgehead atoms. The summed E-state index contributed by atoms with van der Waals surface area (Å²) in [7, 11) is 0. The van der Waals surface area contributed by atoms with E-state index in [4.69, 9.17) is 4.74 Å². The number of carbonyl (C=O) groups excluding carboxylic acids is 1. The highest BCUT2D eigenvalue weighted by atomic mass is 32.1. The zero-order valence-electron chi connectivity index (χ0n) is 11.4. The highest BCUT2D eigenvalue weighted by Gasteiger charge is 2.27. The summed E-state index contributed by atoms with van der Waals surface area (Å²) in [6.07, 6.45) is 5.37. The Morgan fingerprint density at radius 2 is 2.20 bits per heavy atom. The van der Waals surface area contributed by atoms with E-state index in [1.807, 2.05) is 0 Å². The van der Waals surface area contributed by atoms with Gasteiger partial charge in [0.25, 0.3) is 5.91 Å². The first-order chi connectivity index (χ1) is 9.74. The molecule has 1 aromatic heterocycles. The zero-order chi connectivity index (χ0) is 13.9. The molecule has 1 saturated carbocycles. The molecule has 0 radical (unpaired) electrons. The number of rotatable bonds is 3. The van der Waals surface area contributed by atoms with Gasteiger partial charge in [0.15, 0.2) is 0 Å². The van der Waals surface area contributed by atoms with E-state index in [1.54, 1.807) is 5.38 Å². The highest BCUT2D eigenvalue weighted by molar-refractivity contribution is 7.09. The lowest BCUT2D eigenvalue weighted by Crippen LogP contribution is -2.45. The predicted octanol–water partition coefficient (Wildman–Crippen LogP) is 2.03. The molecule has 3 atom stereocenters. The number of thiazole rings is 1. The molecule has 1 amide bonds. The van der Waals surface area contributed by atoms with Gasteiger partial charge in [0.2, 0.25) is 0 Å². The second-order valence-electron chi connectivity index (χ2n) is 5.50. The molecule has 3 rings (SSSR count). The number of aliphatic hydroxyl groups is 1. The third-order valence-corrected chi connectivity index (χ3v) is 4.94. The van der Waals surface area contributed by atoms with Crippen LogP contribution < -0.4 is 5.32 Å². The van der Waals surface area contributed by atoms with Gasteiger partial charge >= 0.3 is 0 Å². The zero-order valence-corrected chi connectivity index (χ0v) is 12.2. The maximum absolute atomic E-state index is 12.2. The summed E-state index contributed by atoms with van der Waals surface area (Å²) in [5, 5.41) is 15.5. The predicted molar refractivity (Wildman–Crippen MR) is 75.8 cm³/mol. The van der Waals surface area contributed by atoms with E-state index in [0.29, 0.717) is 5.69 Å². The molecule has 0 spiro atoms. The first-order valence-electron chi connectivity index (χ1n) is 7.30. The Morgan fingerprint density at radius 1 is 1.35 bits per heavy atom. The number of aromatic nitrogens is 1. The summed E-state index contributed by atoms with van der Waals surface area (Å²) < 4.78 is 5.58. The van der Waals surface area contributed by atoms with E-state index in [9.17, 15) is 9.90 Å². The topological polar surface area (TPSA) is 71.5 Å². The summed E-state index contributed by atoms with van der Waals surface area (Å²) in [4.78, 5) is 16.6. The first kappa shape index (κ1) is 14.0. The molecule has 5 nitrogen and oxygen atoms in total. The monoisotopic (exact) mass is 296 g/mol. The van der Waals surface area contributed by atoms with Crippen LogP contribution in [0.4, 0.5) is 0 Å². The lowest BCUT2D eigenvalue weighted by molar-refractivity contribution is 0.0713. The quantitative estimate of drug-likeness (QED) is 0.895. The van der Waals surface area contributed by atoms with Gasteiger partial charge in [-0.25, -0.2) is 4.98 Å². The molecular formula is C14H20N2O3S. The summed E-state index contributed by atoms with van der Waals surface area (Å²) in [5.74, 6) is -0.184. The van der Waals surface area contributed by atoms with Gasteiger partial charge in [-0.15, -0.1) is 11.3 Å². The first-order valence-corrected chi connectivity index (χ1v) is 8.18. The summed E-state index contributed by atoms with van der Waals surface area (Å²) in [6, 6.07) is -0.135. The van der Waals surface area contributed by atoms with Crippen molar-refractivity contribution in [3.8, 4) is 0 Å². The Balaban J connectivity index is 1.62. The van der Waals surface area contributed by atoms with Gasteiger partial charge in [0.05, 0.1) is 12.1 Å². The second kappa shape index (κ2) is 6.20. The molecule has 1 aliphatic heterocycles. The normalized spacial score (nSPS) is 30.4. The molecule has 3 unspecified atom stereocenters. The summed E-state index contributed by atoms with van der Waals surface area (Å²) >= 11 is 1.48. The molecule has 110 valence electrons. The van der Waals surface area contributed by atoms with Gasteiger partial charge in [-0.3, -0.25) is 4.79 Å². The van der Waals surface area contributed by atoms with Gasteiger partial charge in [-0.1, -0.05) is 12.8 Å². The highest BCUT2D eigenvalue weighted by Crippen LogP contribution is 2.30. The Hall–Kier alpha value is -0.980. The fourth-order valence-electron chi connectivity index (χ4n) is 2.83. The van der Waals surface area contributed by atoms with Crippen molar-refractivity contribution < 1.29 is 14.6 Å². The standard InChI is InChI=1S/C14H20N2O3S/c17-11-5-2-1-4-9(11)15-13(18)10-8-20-14(16-10)12-6-3-7-19-12/h8-9,11-12,17H,1-7H2,(H,15,18). The molecule has 0 aromatic carbocycles. The molecular weight excluding hydrogens is 276 g/mol. The molecule has 20 heavy (non-hydrogen) atoms. The van der Waals surface area contributed by atoms with Crippen LogP contribution in [0.2, 0.25) is 0 Å². The van der Waals surface area contributed by atoms with Crippen LogP contribution in [-0.4, -0.2) is 34.8 Å². The average molecular weight is 296 g/mol. The fraction of sp³-hybridized carbons (Fsp3) is 0.714. The number of carbonyl (C=O) groups is 1. The molecule has 2 aliphatic rings. The third kappa shape index (κ3) is 3.02. The Morgan fingerprint density at radius 3 is 2.95 bits per heavy atom. The van der Waals surface area contributed by atoms with Crippen molar-refractivity contribution in [2.75, 3.05) is 6.61 Å². The van der Waals surface area contributed by atoms with E-state index in [1.165, 1.54) is 11.3 Å². The Bertz CT molecular complexity index is 471. The van der Waals surface area contributed by atoms with Crippen LogP contribution in [-0.2, 0) is 4.74 Å². The smallest absolute Gasteiger partial charge is 0.271 e. The lowest BCUT2D eigenvalue weighted by atomic mass is 9.92. The number of ether oxygens (including phenoxy) is 1.